The fraction of sp³-hybridized carbons (Fsp3) is 0.192. The number of benzene rings is 3. The first-order valence-corrected chi connectivity index (χ1v) is 10.7. The number of ketones is 1. The molecule has 172 valence electrons. The molecule has 1 heterocycles. The topological polar surface area (TPSA) is 107 Å². The van der Waals surface area contributed by atoms with E-state index in [0.29, 0.717) is 11.3 Å². The van der Waals surface area contributed by atoms with Gasteiger partial charge in [-0.15, -0.1) is 0 Å². The molecule has 1 aliphatic heterocycles. The van der Waals surface area contributed by atoms with Crippen LogP contribution in [0.2, 0.25) is 0 Å². The second-order valence-corrected chi connectivity index (χ2v) is 8.15. The van der Waals surface area contributed by atoms with Crippen LogP contribution in [0.5, 0.6) is 0 Å². The zero-order chi connectivity index (χ0) is 24.2. The first-order chi connectivity index (χ1) is 16.3. The number of ether oxygens (including phenoxy) is 1. The van der Waals surface area contributed by atoms with Gasteiger partial charge in [0, 0.05) is 36.3 Å². The molecule has 0 unspecified atom stereocenters. The molecule has 34 heavy (non-hydrogen) atoms. The molecular formula is C26H22N2O6. The van der Waals surface area contributed by atoms with E-state index in [4.69, 9.17) is 4.74 Å². The number of amides is 1. The summed E-state index contributed by atoms with van der Waals surface area (Å²) in [5.41, 5.74) is 3.80. The summed E-state index contributed by atoms with van der Waals surface area (Å²) in [7, 11) is 0. The van der Waals surface area contributed by atoms with Crippen molar-refractivity contribution in [3.8, 4) is 11.1 Å². The maximum absolute atomic E-state index is 12.5. The molecule has 0 spiro atoms. The van der Waals surface area contributed by atoms with Crippen molar-refractivity contribution in [2.24, 2.45) is 5.92 Å². The zero-order valence-electron chi connectivity index (χ0n) is 18.5. The van der Waals surface area contributed by atoms with E-state index in [0.717, 1.165) is 16.7 Å². The number of non-ortho nitro benzene ring substituents is 1. The number of rotatable bonds is 7. The van der Waals surface area contributed by atoms with Crippen molar-refractivity contribution in [3.05, 3.63) is 94.0 Å². The molecule has 0 aliphatic carbocycles. The molecule has 0 N–H and O–H groups in total. The lowest BCUT2D eigenvalue weighted by Gasteiger charge is -2.17. The highest BCUT2D eigenvalue weighted by Crippen LogP contribution is 2.29. The van der Waals surface area contributed by atoms with Crippen LogP contribution in [0, 0.1) is 23.0 Å². The van der Waals surface area contributed by atoms with Gasteiger partial charge in [0.1, 0.15) is 0 Å². The third-order valence-electron chi connectivity index (χ3n) is 5.77. The van der Waals surface area contributed by atoms with Gasteiger partial charge in [-0.2, -0.15) is 0 Å². The summed E-state index contributed by atoms with van der Waals surface area (Å²) >= 11 is 0. The van der Waals surface area contributed by atoms with E-state index in [-0.39, 0.29) is 37.0 Å². The van der Waals surface area contributed by atoms with Crippen LogP contribution in [0.3, 0.4) is 0 Å². The number of nitro groups is 1. The first-order valence-electron chi connectivity index (χ1n) is 10.7. The maximum atomic E-state index is 12.5. The van der Waals surface area contributed by atoms with E-state index in [9.17, 15) is 24.5 Å². The van der Waals surface area contributed by atoms with Crippen LogP contribution in [0.4, 0.5) is 11.4 Å². The summed E-state index contributed by atoms with van der Waals surface area (Å²) in [5, 5.41) is 10.8. The van der Waals surface area contributed by atoms with Crippen molar-refractivity contribution in [2.75, 3.05) is 18.1 Å². The Labute approximate surface area is 195 Å². The van der Waals surface area contributed by atoms with Crippen molar-refractivity contribution in [2.45, 2.75) is 13.3 Å². The monoisotopic (exact) mass is 458 g/mol. The zero-order valence-corrected chi connectivity index (χ0v) is 18.5. The Morgan fingerprint density at radius 3 is 2.15 bits per heavy atom. The second-order valence-electron chi connectivity index (χ2n) is 8.15. The number of carbonyl (C=O) groups is 3. The standard InChI is InChI=1S/C26H22N2O6/c1-17-2-4-20(5-3-17)24(29)16-34-26(31)21-14-25(30)27(15-21)22-10-6-18(7-11-22)19-8-12-23(13-9-19)28(32)33/h2-13,21H,14-16H2,1H3/t21-/m0/s1. The van der Waals surface area contributed by atoms with Crippen LogP contribution in [-0.4, -0.2) is 35.7 Å². The molecule has 8 heteroatoms. The lowest BCUT2D eigenvalue weighted by Crippen LogP contribution is -2.27. The van der Waals surface area contributed by atoms with Crippen molar-refractivity contribution in [1.29, 1.82) is 0 Å². The highest BCUT2D eigenvalue weighted by molar-refractivity contribution is 6.01. The molecule has 1 atom stereocenters. The lowest BCUT2D eigenvalue weighted by molar-refractivity contribution is -0.384. The third-order valence-corrected chi connectivity index (χ3v) is 5.77. The van der Waals surface area contributed by atoms with E-state index in [2.05, 4.69) is 0 Å². The molecule has 1 fully saturated rings. The number of nitro benzene ring substituents is 1. The number of esters is 1. The SMILES string of the molecule is Cc1ccc(C(=O)COC(=O)[C@H]2CC(=O)N(c3ccc(-c4ccc([N+](=O)[O-])cc4)cc3)C2)cc1. The Bertz CT molecular complexity index is 1230. The highest BCUT2D eigenvalue weighted by Gasteiger charge is 2.36. The molecule has 1 saturated heterocycles. The van der Waals surface area contributed by atoms with Crippen molar-refractivity contribution < 1.29 is 24.0 Å². The van der Waals surface area contributed by atoms with E-state index >= 15 is 0 Å². The summed E-state index contributed by atoms with van der Waals surface area (Å²) in [6, 6.07) is 20.4. The van der Waals surface area contributed by atoms with E-state index in [1.807, 2.05) is 31.2 Å². The smallest absolute Gasteiger partial charge is 0.311 e. The van der Waals surface area contributed by atoms with Gasteiger partial charge in [-0.3, -0.25) is 24.5 Å². The number of hydrogen-bond donors (Lipinski definition) is 0. The van der Waals surface area contributed by atoms with E-state index in [1.165, 1.54) is 17.0 Å². The predicted molar refractivity (Wildman–Crippen MR) is 125 cm³/mol. The van der Waals surface area contributed by atoms with Crippen LogP contribution in [-0.2, 0) is 14.3 Å². The van der Waals surface area contributed by atoms with Crippen molar-refractivity contribution >= 4 is 29.0 Å². The fourth-order valence-electron chi connectivity index (χ4n) is 3.80. The van der Waals surface area contributed by atoms with Gasteiger partial charge in [0.15, 0.2) is 12.4 Å². The summed E-state index contributed by atoms with van der Waals surface area (Å²) < 4.78 is 5.19. The van der Waals surface area contributed by atoms with Crippen molar-refractivity contribution in [1.82, 2.24) is 0 Å². The Kier molecular flexibility index (Phi) is 6.49. The number of carbonyl (C=O) groups excluding carboxylic acids is 3. The minimum absolute atomic E-state index is 0.0153. The molecule has 1 aliphatic rings. The number of Topliss-reactive ketones (excluding diaryl/α,β-unsaturated/α-hetero) is 1. The quantitative estimate of drug-likeness (QED) is 0.226. The van der Waals surface area contributed by atoms with Gasteiger partial charge in [-0.25, -0.2) is 0 Å². The van der Waals surface area contributed by atoms with Gasteiger partial charge in [0.25, 0.3) is 5.69 Å². The fourth-order valence-corrected chi connectivity index (χ4v) is 3.80. The number of anilines is 1. The van der Waals surface area contributed by atoms with Crippen LogP contribution in [0.25, 0.3) is 11.1 Å². The van der Waals surface area contributed by atoms with Gasteiger partial charge in [-0.1, -0.05) is 42.0 Å². The number of nitrogens with zero attached hydrogens (tertiary/aromatic N) is 2. The largest absolute Gasteiger partial charge is 0.457 e. The Morgan fingerprint density at radius 1 is 0.971 bits per heavy atom. The van der Waals surface area contributed by atoms with Gasteiger partial charge in [0.2, 0.25) is 5.91 Å². The number of hydrogen-bond acceptors (Lipinski definition) is 6. The summed E-state index contributed by atoms with van der Waals surface area (Å²) in [4.78, 5) is 49.1. The van der Waals surface area contributed by atoms with Crippen LogP contribution in [0.1, 0.15) is 22.3 Å². The average Bonchev–Trinajstić information content (AvgIpc) is 3.24. The molecular weight excluding hydrogens is 436 g/mol. The Morgan fingerprint density at radius 2 is 1.56 bits per heavy atom. The molecule has 8 nitrogen and oxygen atoms in total. The Balaban J connectivity index is 1.36. The molecule has 1 amide bonds. The lowest BCUT2D eigenvalue weighted by atomic mass is 10.0. The summed E-state index contributed by atoms with van der Waals surface area (Å²) in [6.45, 7) is 1.73. The van der Waals surface area contributed by atoms with Gasteiger partial charge in [0.05, 0.1) is 10.8 Å². The first kappa shape index (κ1) is 22.8. The van der Waals surface area contributed by atoms with E-state index in [1.54, 1.807) is 36.4 Å². The molecule has 0 aromatic heterocycles. The van der Waals surface area contributed by atoms with Crippen LogP contribution < -0.4 is 4.90 Å². The molecule has 3 aromatic carbocycles. The van der Waals surface area contributed by atoms with E-state index < -0.39 is 16.8 Å². The summed E-state index contributed by atoms with van der Waals surface area (Å²) in [6.07, 6.45) is 0.0155. The average molecular weight is 458 g/mol. The molecule has 0 saturated carbocycles. The molecule has 0 radical (unpaired) electrons. The maximum Gasteiger partial charge on any atom is 0.311 e. The predicted octanol–water partition coefficient (Wildman–Crippen LogP) is 4.35. The van der Waals surface area contributed by atoms with Crippen molar-refractivity contribution in [3.63, 3.8) is 0 Å². The molecule has 3 aromatic rings. The van der Waals surface area contributed by atoms with Crippen LogP contribution in [0.15, 0.2) is 72.8 Å². The third kappa shape index (κ3) is 5.01. The minimum Gasteiger partial charge on any atom is -0.457 e. The minimum atomic E-state index is -0.646. The van der Waals surface area contributed by atoms with Gasteiger partial charge >= 0.3 is 5.97 Å². The Hall–Kier alpha value is -4.33. The normalized spacial score (nSPS) is 15.3. The highest BCUT2D eigenvalue weighted by atomic mass is 16.6. The summed E-state index contributed by atoms with van der Waals surface area (Å²) in [5.74, 6) is -1.71. The van der Waals surface area contributed by atoms with Gasteiger partial charge in [-0.05, 0) is 42.3 Å². The van der Waals surface area contributed by atoms with Gasteiger partial charge < -0.3 is 9.64 Å². The molecule has 4 rings (SSSR count). The molecule has 0 bridgehead atoms. The van der Waals surface area contributed by atoms with Crippen LogP contribution >= 0.6 is 0 Å². The number of aryl methyl sites for hydroxylation is 1. The second kappa shape index (κ2) is 9.66.